The van der Waals surface area contributed by atoms with Gasteiger partial charge in [0, 0.05) is 42.6 Å². The van der Waals surface area contributed by atoms with Crippen LogP contribution in [0.1, 0.15) is 18.5 Å². The average molecular weight is 476 g/mol. The molecule has 1 aliphatic heterocycles. The van der Waals surface area contributed by atoms with Crippen molar-refractivity contribution in [3.05, 3.63) is 63.2 Å². The van der Waals surface area contributed by atoms with Gasteiger partial charge in [-0.25, -0.2) is 0 Å². The van der Waals surface area contributed by atoms with E-state index in [0.717, 1.165) is 0 Å². The van der Waals surface area contributed by atoms with Crippen LogP contribution in [0.3, 0.4) is 0 Å². The molecule has 0 unspecified atom stereocenters. The molecule has 0 fully saturated rings. The number of benzene rings is 2. The number of non-ortho nitro benzene ring substituents is 1. The van der Waals surface area contributed by atoms with Gasteiger partial charge in [-0.1, -0.05) is 17.7 Å². The normalized spacial score (nSPS) is 22.2. The number of hydrogen-bond donors (Lipinski definition) is 3. The first kappa shape index (κ1) is 24.2. The lowest BCUT2D eigenvalue weighted by molar-refractivity contribution is -0.385. The minimum Gasteiger partial charge on any atom is -0.479 e. The molecule has 33 heavy (non-hydrogen) atoms. The van der Waals surface area contributed by atoms with Gasteiger partial charge < -0.3 is 30.0 Å². The first-order chi connectivity index (χ1) is 15.7. The standard InChI is InChI=1S/C21H22ClN5O6/c1-21(19(31-2)32-3)18(28)17(15-10-14(27(29)30)7-8-16(15)33-21)26-20(24-11-23)25-13-6-4-5-12(22)9-13/h4-10,17-19,28H,1-3H3,(H2,24,25,26)/t17-,18+,21+/m0/s1. The van der Waals surface area contributed by atoms with Crippen molar-refractivity contribution < 1.29 is 24.2 Å². The molecular formula is C21H22ClN5O6. The van der Waals surface area contributed by atoms with Crippen LogP contribution in [0.5, 0.6) is 5.75 Å². The SMILES string of the molecule is COC(OC)[C@]1(C)Oc2ccc([N+](=O)[O-])cc2[C@H](NC(=NC#N)Nc2cccc(Cl)c2)[C@H]1O. The molecule has 0 saturated carbocycles. The van der Waals surface area contributed by atoms with Crippen molar-refractivity contribution in [3.63, 3.8) is 0 Å². The van der Waals surface area contributed by atoms with Gasteiger partial charge in [-0.3, -0.25) is 10.1 Å². The van der Waals surface area contributed by atoms with Gasteiger partial charge >= 0.3 is 0 Å². The predicted octanol–water partition coefficient (Wildman–Crippen LogP) is 2.96. The Hall–Kier alpha value is -3.43. The second-order valence-electron chi connectivity index (χ2n) is 7.33. The Balaban J connectivity index is 2.06. The molecule has 1 heterocycles. The number of hydrogen-bond acceptors (Lipinski definition) is 8. The van der Waals surface area contributed by atoms with E-state index in [1.165, 1.54) is 32.4 Å². The molecule has 0 amide bonds. The summed E-state index contributed by atoms with van der Waals surface area (Å²) in [5.41, 5.74) is -0.799. The number of nitriles is 1. The van der Waals surface area contributed by atoms with Crippen LogP contribution in [0.4, 0.5) is 11.4 Å². The van der Waals surface area contributed by atoms with E-state index in [9.17, 15) is 20.5 Å². The van der Waals surface area contributed by atoms with Crippen LogP contribution in [-0.4, -0.2) is 48.2 Å². The fourth-order valence-corrected chi connectivity index (χ4v) is 3.88. The highest BCUT2D eigenvalue weighted by Crippen LogP contribution is 2.43. The zero-order valence-electron chi connectivity index (χ0n) is 18.0. The number of nitro groups is 1. The topological polar surface area (TPSA) is 151 Å². The van der Waals surface area contributed by atoms with Crippen LogP contribution in [0, 0.1) is 21.6 Å². The van der Waals surface area contributed by atoms with Crippen molar-refractivity contribution in [1.29, 1.82) is 5.26 Å². The number of nitrogens with one attached hydrogen (secondary N) is 2. The predicted molar refractivity (Wildman–Crippen MR) is 120 cm³/mol. The van der Waals surface area contributed by atoms with Gasteiger partial charge in [-0.05, 0) is 31.2 Å². The summed E-state index contributed by atoms with van der Waals surface area (Å²) in [5.74, 6) is 0.251. The molecule has 0 radical (unpaired) electrons. The van der Waals surface area contributed by atoms with E-state index < -0.39 is 29.0 Å². The summed E-state index contributed by atoms with van der Waals surface area (Å²) in [6.45, 7) is 1.58. The Bertz CT molecular complexity index is 1100. The number of aliphatic hydroxyl groups excluding tert-OH is 1. The van der Waals surface area contributed by atoms with E-state index in [2.05, 4.69) is 15.6 Å². The first-order valence-corrected chi connectivity index (χ1v) is 10.1. The molecule has 0 spiro atoms. The van der Waals surface area contributed by atoms with Crippen molar-refractivity contribution in [3.8, 4) is 11.9 Å². The summed E-state index contributed by atoms with van der Waals surface area (Å²) in [6.07, 6.45) is -0.648. The third-order valence-electron chi connectivity index (χ3n) is 5.21. The zero-order valence-corrected chi connectivity index (χ0v) is 18.7. The lowest BCUT2D eigenvalue weighted by atomic mass is 9.84. The second-order valence-corrected chi connectivity index (χ2v) is 7.77. The summed E-state index contributed by atoms with van der Waals surface area (Å²) in [4.78, 5) is 14.5. The van der Waals surface area contributed by atoms with E-state index >= 15 is 0 Å². The maximum Gasteiger partial charge on any atom is 0.270 e. The van der Waals surface area contributed by atoms with Crippen LogP contribution in [0.25, 0.3) is 0 Å². The molecule has 0 saturated heterocycles. The molecule has 11 nitrogen and oxygen atoms in total. The van der Waals surface area contributed by atoms with Gasteiger partial charge in [-0.15, -0.1) is 4.99 Å². The maximum absolute atomic E-state index is 11.4. The number of rotatable bonds is 6. The molecule has 174 valence electrons. The van der Waals surface area contributed by atoms with Crippen molar-refractivity contribution in [2.45, 2.75) is 31.0 Å². The number of halogens is 1. The van der Waals surface area contributed by atoms with Crippen LogP contribution >= 0.6 is 11.6 Å². The van der Waals surface area contributed by atoms with Crippen molar-refractivity contribution in [1.82, 2.24) is 5.32 Å². The number of ether oxygens (including phenoxy) is 3. The van der Waals surface area contributed by atoms with Crippen LogP contribution in [-0.2, 0) is 9.47 Å². The monoisotopic (exact) mass is 475 g/mol. The van der Waals surface area contributed by atoms with Crippen LogP contribution in [0.15, 0.2) is 47.5 Å². The Morgan fingerprint density at radius 1 is 1.36 bits per heavy atom. The number of methoxy groups -OCH3 is 2. The number of nitrogens with zero attached hydrogens (tertiary/aromatic N) is 3. The summed E-state index contributed by atoms with van der Waals surface area (Å²) < 4.78 is 16.7. The van der Waals surface area contributed by atoms with E-state index in [1.807, 2.05) is 0 Å². The third kappa shape index (κ3) is 4.99. The molecule has 2 aromatic carbocycles. The molecule has 1 aliphatic rings. The fraction of sp³-hybridized carbons (Fsp3) is 0.333. The molecule has 0 aromatic heterocycles. The Morgan fingerprint density at radius 3 is 2.70 bits per heavy atom. The Kier molecular flexibility index (Phi) is 7.35. The van der Waals surface area contributed by atoms with Gasteiger partial charge in [0.1, 0.15) is 11.9 Å². The minimum atomic E-state index is -1.42. The lowest BCUT2D eigenvalue weighted by Gasteiger charge is -2.46. The first-order valence-electron chi connectivity index (χ1n) is 9.70. The Morgan fingerprint density at radius 2 is 2.09 bits per heavy atom. The quantitative estimate of drug-likeness (QED) is 0.143. The molecule has 3 N–H and O–H groups in total. The largest absolute Gasteiger partial charge is 0.479 e. The number of fused-ring (bicyclic) bond motifs is 1. The minimum absolute atomic E-state index is 0.0168. The Labute approximate surface area is 194 Å². The van der Waals surface area contributed by atoms with E-state index in [1.54, 1.807) is 37.4 Å². The number of aliphatic imine (C=N–C) groups is 1. The third-order valence-corrected chi connectivity index (χ3v) is 5.44. The number of anilines is 1. The smallest absolute Gasteiger partial charge is 0.270 e. The van der Waals surface area contributed by atoms with Crippen molar-refractivity contribution >= 4 is 28.9 Å². The maximum atomic E-state index is 11.4. The summed E-state index contributed by atoms with van der Waals surface area (Å²) >= 11 is 6.03. The van der Waals surface area contributed by atoms with Crippen LogP contribution in [0.2, 0.25) is 5.02 Å². The van der Waals surface area contributed by atoms with E-state index in [0.29, 0.717) is 16.3 Å². The molecule has 2 aromatic rings. The van der Waals surface area contributed by atoms with E-state index in [4.69, 9.17) is 25.8 Å². The lowest BCUT2D eigenvalue weighted by Crippen LogP contribution is -2.62. The molecule has 3 atom stereocenters. The van der Waals surface area contributed by atoms with Gasteiger partial charge in [-0.2, -0.15) is 5.26 Å². The van der Waals surface area contributed by atoms with Crippen LogP contribution < -0.4 is 15.4 Å². The molecule has 0 aliphatic carbocycles. The molecule has 0 bridgehead atoms. The van der Waals surface area contributed by atoms with Crippen molar-refractivity contribution in [2.75, 3.05) is 19.5 Å². The number of guanidine groups is 1. The molecule has 3 rings (SSSR count). The molecular weight excluding hydrogens is 454 g/mol. The fourth-order valence-electron chi connectivity index (χ4n) is 3.69. The number of aliphatic hydroxyl groups is 1. The van der Waals surface area contributed by atoms with Gasteiger partial charge in [0.05, 0.1) is 11.0 Å². The van der Waals surface area contributed by atoms with Gasteiger partial charge in [0.25, 0.3) is 5.69 Å². The average Bonchev–Trinajstić information content (AvgIpc) is 2.77. The highest BCUT2D eigenvalue weighted by Gasteiger charge is 2.52. The number of nitro benzene ring substituents is 1. The highest BCUT2D eigenvalue weighted by molar-refractivity contribution is 6.30. The summed E-state index contributed by atoms with van der Waals surface area (Å²) in [6, 6.07) is 9.71. The summed E-state index contributed by atoms with van der Waals surface area (Å²) in [7, 11) is 2.79. The second kappa shape index (κ2) is 10.0. The zero-order chi connectivity index (χ0) is 24.2. The summed E-state index contributed by atoms with van der Waals surface area (Å²) in [5, 5.41) is 38.2. The van der Waals surface area contributed by atoms with Gasteiger partial charge in [0.2, 0.25) is 12.2 Å². The van der Waals surface area contributed by atoms with E-state index in [-0.39, 0.29) is 17.4 Å². The highest BCUT2D eigenvalue weighted by atomic mass is 35.5. The molecule has 12 heteroatoms. The van der Waals surface area contributed by atoms with Crippen molar-refractivity contribution in [2.24, 2.45) is 4.99 Å². The van der Waals surface area contributed by atoms with Gasteiger partial charge in [0.15, 0.2) is 11.9 Å².